The molecule has 128 valence electrons. The van der Waals surface area contributed by atoms with Gasteiger partial charge in [-0.1, -0.05) is 0 Å². The Morgan fingerprint density at radius 2 is 1.83 bits per heavy atom. The third-order valence-corrected chi connectivity index (χ3v) is 3.56. The number of carbonyl (C=O) groups is 2. The lowest BCUT2D eigenvalue weighted by Crippen LogP contribution is -2.36. The molecule has 2 amide bonds. The molecule has 0 bridgehead atoms. The molecule has 2 aromatic rings. The Morgan fingerprint density at radius 1 is 1.21 bits per heavy atom. The highest BCUT2D eigenvalue weighted by Crippen LogP contribution is 2.13. The molecular formula is C16H18F2N4O2. The van der Waals surface area contributed by atoms with Gasteiger partial charge in [0.1, 0.15) is 11.6 Å². The average molecular weight is 336 g/mol. The number of H-pyrrole nitrogens is 1. The molecule has 0 atom stereocenters. The zero-order chi connectivity index (χ0) is 17.9. The summed E-state index contributed by atoms with van der Waals surface area (Å²) >= 11 is 0. The van der Waals surface area contributed by atoms with Gasteiger partial charge in [-0.15, -0.1) is 0 Å². The van der Waals surface area contributed by atoms with Crippen molar-refractivity contribution in [3.63, 3.8) is 0 Å². The highest BCUT2D eigenvalue weighted by molar-refractivity contribution is 5.94. The fourth-order valence-corrected chi connectivity index (χ4v) is 2.25. The molecule has 0 spiro atoms. The first kappa shape index (κ1) is 17.6. The lowest BCUT2D eigenvalue weighted by molar-refractivity contribution is -0.132. The quantitative estimate of drug-likeness (QED) is 0.876. The van der Waals surface area contributed by atoms with Crippen LogP contribution in [0.15, 0.2) is 18.2 Å². The summed E-state index contributed by atoms with van der Waals surface area (Å²) in [5, 5.41) is 9.17. The van der Waals surface area contributed by atoms with Crippen LogP contribution in [0.5, 0.6) is 0 Å². The first-order chi connectivity index (χ1) is 11.3. The third kappa shape index (κ3) is 4.37. The van der Waals surface area contributed by atoms with Gasteiger partial charge in [0.15, 0.2) is 0 Å². The number of hydrogen-bond donors (Lipinski definition) is 2. The molecule has 0 unspecified atom stereocenters. The molecule has 2 rings (SSSR count). The highest BCUT2D eigenvalue weighted by atomic mass is 19.1. The van der Waals surface area contributed by atoms with Crippen molar-refractivity contribution in [3.8, 4) is 0 Å². The molecule has 0 saturated carbocycles. The first-order valence-electron chi connectivity index (χ1n) is 7.26. The van der Waals surface area contributed by atoms with E-state index >= 15 is 0 Å². The van der Waals surface area contributed by atoms with Crippen LogP contribution in [-0.4, -0.2) is 40.5 Å². The number of nitrogens with one attached hydrogen (secondary N) is 2. The summed E-state index contributed by atoms with van der Waals surface area (Å²) in [7, 11) is 1.48. The van der Waals surface area contributed by atoms with E-state index in [4.69, 9.17) is 0 Å². The predicted octanol–water partition coefficient (Wildman–Crippen LogP) is 1.94. The van der Waals surface area contributed by atoms with Gasteiger partial charge in [0.2, 0.25) is 11.8 Å². The zero-order valence-corrected chi connectivity index (χ0v) is 13.6. The molecule has 1 heterocycles. The maximum absolute atomic E-state index is 13.1. The van der Waals surface area contributed by atoms with Gasteiger partial charge in [0.05, 0.1) is 18.7 Å². The smallest absolute Gasteiger partial charge is 0.243 e. The van der Waals surface area contributed by atoms with Crippen molar-refractivity contribution in [1.82, 2.24) is 15.1 Å². The molecule has 24 heavy (non-hydrogen) atoms. The minimum Gasteiger partial charge on any atom is -0.336 e. The van der Waals surface area contributed by atoms with E-state index in [0.717, 1.165) is 29.1 Å². The number of amides is 2. The molecule has 0 fully saturated rings. The van der Waals surface area contributed by atoms with Gasteiger partial charge in [-0.3, -0.25) is 14.7 Å². The number of carbonyl (C=O) groups excluding carboxylic acids is 2. The molecule has 0 saturated heterocycles. The second-order valence-electron chi connectivity index (χ2n) is 5.55. The van der Waals surface area contributed by atoms with E-state index in [9.17, 15) is 18.4 Å². The third-order valence-electron chi connectivity index (χ3n) is 3.56. The predicted molar refractivity (Wildman–Crippen MR) is 84.4 cm³/mol. The summed E-state index contributed by atoms with van der Waals surface area (Å²) in [6.45, 7) is 3.37. The van der Waals surface area contributed by atoms with Gasteiger partial charge in [0.25, 0.3) is 0 Å². The number of nitrogens with zero attached hydrogens (tertiary/aromatic N) is 2. The SMILES string of the molecule is Cc1n[nH]c(C)c1CC(=O)N(C)CC(=O)Nc1cc(F)cc(F)c1. The molecule has 6 nitrogen and oxygen atoms in total. The first-order valence-corrected chi connectivity index (χ1v) is 7.26. The summed E-state index contributed by atoms with van der Waals surface area (Å²) < 4.78 is 26.2. The van der Waals surface area contributed by atoms with E-state index in [1.54, 1.807) is 6.92 Å². The van der Waals surface area contributed by atoms with Crippen LogP contribution in [0.4, 0.5) is 14.5 Å². The number of halogens is 2. The summed E-state index contributed by atoms with van der Waals surface area (Å²) in [5.41, 5.74) is 2.32. The van der Waals surface area contributed by atoms with Gasteiger partial charge in [-0.2, -0.15) is 5.10 Å². The van der Waals surface area contributed by atoms with Crippen LogP contribution in [-0.2, 0) is 16.0 Å². The van der Waals surface area contributed by atoms with Crippen LogP contribution in [0.3, 0.4) is 0 Å². The summed E-state index contributed by atoms with van der Waals surface area (Å²) in [6.07, 6.45) is 0.118. The van der Waals surface area contributed by atoms with E-state index < -0.39 is 17.5 Å². The minimum atomic E-state index is -0.791. The Hall–Kier alpha value is -2.77. The minimum absolute atomic E-state index is 0.000118. The Morgan fingerprint density at radius 3 is 2.38 bits per heavy atom. The second-order valence-corrected chi connectivity index (χ2v) is 5.55. The highest BCUT2D eigenvalue weighted by Gasteiger charge is 2.17. The average Bonchev–Trinajstić information content (AvgIpc) is 2.77. The monoisotopic (exact) mass is 336 g/mol. The summed E-state index contributed by atoms with van der Waals surface area (Å²) in [6, 6.07) is 2.71. The van der Waals surface area contributed by atoms with E-state index in [-0.39, 0.29) is 24.6 Å². The van der Waals surface area contributed by atoms with Crippen LogP contribution >= 0.6 is 0 Å². The zero-order valence-electron chi connectivity index (χ0n) is 13.6. The molecule has 8 heteroatoms. The number of benzene rings is 1. The number of anilines is 1. The van der Waals surface area contributed by atoms with Crippen molar-refractivity contribution in [3.05, 3.63) is 46.8 Å². The summed E-state index contributed by atoms with van der Waals surface area (Å²) in [5.74, 6) is -2.39. The van der Waals surface area contributed by atoms with Crippen molar-refractivity contribution in [2.45, 2.75) is 20.3 Å². The molecule has 0 aliphatic carbocycles. The largest absolute Gasteiger partial charge is 0.336 e. The summed E-state index contributed by atoms with van der Waals surface area (Å²) in [4.78, 5) is 25.4. The van der Waals surface area contributed by atoms with E-state index in [1.165, 1.54) is 11.9 Å². The molecule has 0 aliphatic heterocycles. The van der Waals surface area contributed by atoms with E-state index in [1.807, 2.05) is 6.92 Å². The maximum Gasteiger partial charge on any atom is 0.243 e. The molecule has 1 aromatic heterocycles. The number of rotatable bonds is 5. The van der Waals surface area contributed by atoms with Gasteiger partial charge in [0, 0.05) is 30.1 Å². The van der Waals surface area contributed by atoms with Gasteiger partial charge >= 0.3 is 0 Å². The van der Waals surface area contributed by atoms with Crippen molar-refractivity contribution >= 4 is 17.5 Å². The number of aromatic amines is 1. The van der Waals surface area contributed by atoms with Crippen molar-refractivity contribution in [2.24, 2.45) is 0 Å². The standard InChI is InChI=1S/C16H18F2N4O2/c1-9-14(10(2)21-20-9)7-16(24)22(3)8-15(23)19-13-5-11(17)4-12(18)6-13/h4-6H,7-8H2,1-3H3,(H,19,23)(H,20,21). The maximum atomic E-state index is 13.1. The van der Waals surface area contributed by atoms with Crippen molar-refractivity contribution in [1.29, 1.82) is 0 Å². The fourth-order valence-electron chi connectivity index (χ4n) is 2.25. The lowest BCUT2D eigenvalue weighted by atomic mass is 10.1. The van der Waals surface area contributed by atoms with Crippen LogP contribution < -0.4 is 5.32 Å². The molecule has 0 aliphatic rings. The van der Waals surface area contributed by atoms with E-state index in [0.29, 0.717) is 6.07 Å². The van der Waals surface area contributed by atoms with Gasteiger partial charge in [-0.25, -0.2) is 8.78 Å². The van der Waals surface area contributed by atoms with Crippen LogP contribution in [0, 0.1) is 25.5 Å². The van der Waals surface area contributed by atoms with Gasteiger partial charge in [-0.05, 0) is 26.0 Å². The number of hydrogen-bond acceptors (Lipinski definition) is 3. The molecular weight excluding hydrogens is 318 g/mol. The number of likely N-dealkylation sites (N-methyl/N-ethyl adjacent to an activating group) is 1. The van der Waals surface area contributed by atoms with E-state index in [2.05, 4.69) is 15.5 Å². The van der Waals surface area contributed by atoms with Crippen LogP contribution in [0.25, 0.3) is 0 Å². The lowest BCUT2D eigenvalue weighted by Gasteiger charge is -2.17. The number of aromatic nitrogens is 2. The molecule has 2 N–H and O–H groups in total. The van der Waals surface area contributed by atoms with Crippen LogP contribution in [0.2, 0.25) is 0 Å². The molecule has 1 aromatic carbocycles. The topological polar surface area (TPSA) is 78.1 Å². The Balaban J connectivity index is 1.94. The van der Waals surface area contributed by atoms with Crippen molar-refractivity contribution < 1.29 is 18.4 Å². The van der Waals surface area contributed by atoms with Gasteiger partial charge < -0.3 is 10.2 Å². The van der Waals surface area contributed by atoms with Crippen LogP contribution in [0.1, 0.15) is 17.0 Å². The Kier molecular flexibility index (Phi) is 5.28. The molecule has 0 radical (unpaired) electrons. The Bertz CT molecular complexity index is 734. The fraction of sp³-hybridized carbons (Fsp3) is 0.312. The number of aryl methyl sites for hydroxylation is 2. The van der Waals surface area contributed by atoms with Crippen molar-refractivity contribution in [2.75, 3.05) is 18.9 Å². The normalized spacial score (nSPS) is 10.5. The Labute approximate surface area is 137 Å². The second kappa shape index (κ2) is 7.20.